The fourth-order valence-electron chi connectivity index (χ4n) is 9.14. The van der Waals surface area contributed by atoms with E-state index in [1.807, 2.05) is 0 Å². The van der Waals surface area contributed by atoms with Gasteiger partial charge in [-0.2, -0.15) is 0 Å². The maximum absolute atomic E-state index is 2.42. The summed E-state index contributed by atoms with van der Waals surface area (Å²) in [6.45, 7) is 4.67. The van der Waals surface area contributed by atoms with Gasteiger partial charge in [0.05, 0.1) is 33.4 Å². The molecule has 11 rings (SSSR count). The Kier molecular flexibility index (Phi) is 6.60. The Morgan fingerprint density at radius 2 is 0.741 bits per heavy atom. The van der Waals surface area contributed by atoms with Gasteiger partial charge in [-0.25, -0.2) is 0 Å². The Bertz CT molecular complexity index is 3020. The minimum absolute atomic E-state index is 0.0851. The molecule has 3 heterocycles. The van der Waals surface area contributed by atoms with Crippen LogP contribution in [0.15, 0.2) is 188 Å². The van der Waals surface area contributed by atoms with E-state index in [0.717, 1.165) is 11.4 Å². The van der Waals surface area contributed by atoms with Gasteiger partial charge in [-0.1, -0.05) is 117 Å². The summed E-state index contributed by atoms with van der Waals surface area (Å²) in [4.78, 5) is 2.42. The molecule has 0 saturated carbocycles. The van der Waals surface area contributed by atoms with Gasteiger partial charge >= 0.3 is 0 Å². The summed E-state index contributed by atoms with van der Waals surface area (Å²) in [6.07, 6.45) is 0. The van der Waals surface area contributed by atoms with Crippen molar-refractivity contribution in [3.05, 3.63) is 199 Å². The van der Waals surface area contributed by atoms with Crippen molar-refractivity contribution in [2.45, 2.75) is 19.3 Å². The highest BCUT2D eigenvalue weighted by Crippen LogP contribution is 2.51. The summed E-state index contributed by atoms with van der Waals surface area (Å²) in [5.74, 6) is 0. The van der Waals surface area contributed by atoms with Crippen molar-refractivity contribution >= 4 is 60.7 Å². The van der Waals surface area contributed by atoms with Crippen molar-refractivity contribution in [1.29, 1.82) is 0 Å². The summed E-state index contributed by atoms with van der Waals surface area (Å²) in [7, 11) is 0. The van der Waals surface area contributed by atoms with Gasteiger partial charge in [0.15, 0.2) is 0 Å². The molecule has 1 aliphatic rings. The van der Waals surface area contributed by atoms with Crippen LogP contribution in [-0.4, -0.2) is 9.13 Å². The van der Waals surface area contributed by atoms with Gasteiger partial charge in [-0.3, -0.25) is 0 Å². The summed E-state index contributed by atoms with van der Waals surface area (Å²) < 4.78 is 4.79. The van der Waals surface area contributed by atoms with E-state index in [1.54, 1.807) is 0 Å². The SMILES string of the molecule is CC1(C)c2ccccc2N(c2ccc(-n3c4ccccc4c4cc(-c5ccc6c(c5)c5ccccc5n6-c5ccccc5)ccc43)cc2)c2ccccc21. The van der Waals surface area contributed by atoms with Crippen LogP contribution in [0.4, 0.5) is 17.1 Å². The number of hydrogen-bond donors (Lipinski definition) is 0. The minimum atomic E-state index is -0.0851. The van der Waals surface area contributed by atoms with Gasteiger partial charge in [0.25, 0.3) is 0 Å². The predicted octanol–water partition coefficient (Wildman–Crippen LogP) is 13.7. The fraction of sp³-hybridized carbons (Fsp3) is 0.0588. The zero-order valence-corrected chi connectivity index (χ0v) is 30.2. The minimum Gasteiger partial charge on any atom is -0.310 e. The van der Waals surface area contributed by atoms with E-state index in [1.165, 1.54) is 82.9 Å². The van der Waals surface area contributed by atoms with E-state index < -0.39 is 0 Å². The first-order valence-electron chi connectivity index (χ1n) is 18.8. The Morgan fingerprint density at radius 1 is 0.333 bits per heavy atom. The quantitative estimate of drug-likeness (QED) is 0.179. The molecule has 54 heavy (non-hydrogen) atoms. The van der Waals surface area contributed by atoms with Crippen molar-refractivity contribution in [2.24, 2.45) is 0 Å². The molecule has 3 nitrogen and oxygen atoms in total. The van der Waals surface area contributed by atoms with Crippen LogP contribution in [0.1, 0.15) is 25.0 Å². The molecule has 0 N–H and O–H groups in total. The standard InChI is InChI=1S/C51H37N3/c1-51(2)43-18-8-12-22-49(43)54(50-23-13-9-19-44(50)51)38-28-26-37(27-29-38)53-46-21-11-7-17-40(46)42-33-35(25-31-48(42)53)34-24-30-47-41(32-34)39-16-6-10-20-45(39)52(47)36-14-4-3-5-15-36/h3-33H,1-2H3. The second-order valence-electron chi connectivity index (χ2n) is 15.0. The average Bonchev–Trinajstić information content (AvgIpc) is 3.74. The zero-order valence-electron chi connectivity index (χ0n) is 30.2. The van der Waals surface area contributed by atoms with Gasteiger partial charge in [-0.05, 0) is 107 Å². The molecule has 256 valence electrons. The lowest BCUT2D eigenvalue weighted by Gasteiger charge is -2.42. The van der Waals surface area contributed by atoms with Crippen LogP contribution in [0.5, 0.6) is 0 Å². The number of anilines is 3. The maximum atomic E-state index is 2.42. The monoisotopic (exact) mass is 691 g/mol. The number of hydrogen-bond acceptors (Lipinski definition) is 1. The highest BCUT2D eigenvalue weighted by atomic mass is 15.2. The van der Waals surface area contributed by atoms with Crippen LogP contribution in [-0.2, 0) is 5.41 Å². The van der Waals surface area contributed by atoms with Crippen LogP contribution < -0.4 is 4.90 Å². The normalized spacial score (nSPS) is 13.5. The topological polar surface area (TPSA) is 13.1 Å². The molecule has 2 aromatic heterocycles. The first-order valence-corrected chi connectivity index (χ1v) is 18.8. The maximum Gasteiger partial charge on any atom is 0.0541 e. The van der Waals surface area contributed by atoms with Crippen LogP contribution >= 0.6 is 0 Å². The first kappa shape index (κ1) is 30.8. The van der Waals surface area contributed by atoms with Gasteiger partial charge in [0.2, 0.25) is 0 Å². The molecule has 0 saturated heterocycles. The molecule has 3 heteroatoms. The number of para-hydroxylation sites is 5. The van der Waals surface area contributed by atoms with Gasteiger partial charge in [0, 0.05) is 44.0 Å². The zero-order chi connectivity index (χ0) is 36.0. The van der Waals surface area contributed by atoms with Crippen LogP contribution in [0.3, 0.4) is 0 Å². The lowest BCUT2D eigenvalue weighted by Crippen LogP contribution is -2.30. The van der Waals surface area contributed by atoms with Crippen molar-refractivity contribution in [3.63, 3.8) is 0 Å². The number of nitrogens with zero attached hydrogens (tertiary/aromatic N) is 3. The first-order chi connectivity index (χ1) is 26.6. The van der Waals surface area contributed by atoms with E-state index in [-0.39, 0.29) is 5.41 Å². The van der Waals surface area contributed by atoms with E-state index in [9.17, 15) is 0 Å². The van der Waals surface area contributed by atoms with Crippen molar-refractivity contribution < 1.29 is 0 Å². The molecular formula is C51H37N3. The number of aromatic nitrogens is 2. The third-order valence-corrected chi connectivity index (χ3v) is 11.7. The lowest BCUT2D eigenvalue weighted by atomic mass is 9.73. The Morgan fingerprint density at radius 3 is 1.28 bits per heavy atom. The molecule has 0 bridgehead atoms. The smallest absolute Gasteiger partial charge is 0.0541 e. The molecule has 0 amide bonds. The molecule has 0 aliphatic carbocycles. The largest absolute Gasteiger partial charge is 0.310 e. The van der Waals surface area contributed by atoms with Gasteiger partial charge < -0.3 is 14.0 Å². The molecule has 0 fully saturated rings. The third kappa shape index (κ3) is 4.42. The van der Waals surface area contributed by atoms with Gasteiger partial charge in [0.1, 0.15) is 0 Å². The fourth-order valence-corrected chi connectivity index (χ4v) is 9.14. The highest BCUT2D eigenvalue weighted by Gasteiger charge is 2.36. The molecule has 0 radical (unpaired) electrons. The number of fused-ring (bicyclic) bond motifs is 8. The number of benzene rings is 8. The van der Waals surface area contributed by atoms with Gasteiger partial charge in [-0.15, -0.1) is 0 Å². The molecule has 8 aromatic carbocycles. The molecule has 10 aromatic rings. The molecule has 1 aliphatic heterocycles. The van der Waals surface area contributed by atoms with E-state index in [0.29, 0.717) is 0 Å². The van der Waals surface area contributed by atoms with E-state index >= 15 is 0 Å². The molecular weight excluding hydrogens is 655 g/mol. The second kappa shape index (κ2) is 11.6. The lowest BCUT2D eigenvalue weighted by molar-refractivity contribution is 0.632. The van der Waals surface area contributed by atoms with E-state index in [2.05, 4.69) is 216 Å². The number of rotatable bonds is 4. The van der Waals surface area contributed by atoms with Crippen molar-refractivity contribution in [2.75, 3.05) is 4.90 Å². The second-order valence-corrected chi connectivity index (χ2v) is 15.0. The van der Waals surface area contributed by atoms with E-state index in [4.69, 9.17) is 0 Å². The summed E-state index contributed by atoms with van der Waals surface area (Å²) in [5, 5.41) is 5.03. The molecule has 0 unspecified atom stereocenters. The average molecular weight is 692 g/mol. The summed E-state index contributed by atoms with van der Waals surface area (Å²) in [6, 6.07) is 68.9. The molecule has 0 spiro atoms. The van der Waals surface area contributed by atoms with Crippen LogP contribution in [0.2, 0.25) is 0 Å². The van der Waals surface area contributed by atoms with Crippen molar-refractivity contribution in [1.82, 2.24) is 9.13 Å². The Balaban J connectivity index is 1.03. The highest BCUT2D eigenvalue weighted by molar-refractivity contribution is 6.12. The Hall–Kier alpha value is -6.84. The molecule has 0 atom stereocenters. The summed E-state index contributed by atoms with van der Waals surface area (Å²) >= 11 is 0. The van der Waals surface area contributed by atoms with Crippen LogP contribution in [0, 0.1) is 0 Å². The summed E-state index contributed by atoms with van der Waals surface area (Å²) in [5.41, 5.74) is 15.8. The van der Waals surface area contributed by atoms with Crippen LogP contribution in [0.25, 0.3) is 66.1 Å². The van der Waals surface area contributed by atoms with Crippen molar-refractivity contribution in [3.8, 4) is 22.5 Å². The Labute approximate surface area is 314 Å². The third-order valence-electron chi connectivity index (χ3n) is 11.7. The predicted molar refractivity (Wildman–Crippen MR) is 227 cm³/mol.